The van der Waals surface area contributed by atoms with Crippen molar-refractivity contribution in [3.63, 3.8) is 0 Å². The molecule has 9 heteroatoms. The second-order valence-electron chi connectivity index (χ2n) is 5.09. The number of hydrogen-bond donors (Lipinski definition) is 1. The van der Waals surface area contributed by atoms with E-state index in [0.29, 0.717) is 5.75 Å². The van der Waals surface area contributed by atoms with Crippen molar-refractivity contribution < 1.29 is 30.3 Å². The van der Waals surface area contributed by atoms with Crippen molar-refractivity contribution in [2.24, 2.45) is 0 Å². The summed E-state index contributed by atoms with van der Waals surface area (Å²) < 4.78 is 59.2. The van der Waals surface area contributed by atoms with Gasteiger partial charge in [-0.3, -0.25) is 0 Å². The molecule has 0 spiro atoms. The van der Waals surface area contributed by atoms with Crippen LogP contribution in [0.15, 0.2) is 48.5 Å². The molecule has 0 unspecified atom stereocenters. The standard InChI is InChI=1S/C15H16OS.F6P/c1-12-9-15(16)8-7-14(12)11-17-10-13-5-3-2-4-6-13;1-7(2,3,4,5)6/h2-9,16H,10-11H2,1H3;/q;-1/p+1. The summed E-state index contributed by atoms with van der Waals surface area (Å²) in [7, 11) is -10.7. The number of phenols is 1. The summed E-state index contributed by atoms with van der Waals surface area (Å²) in [6.07, 6.45) is 0. The fraction of sp³-hybridized carbons (Fsp3) is 0.200. The molecule has 0 radical (unpaired) electrons. The SMILES string of the molecule is Cc1cc(O)ccc1C[SH+]Cc1ccccc1.F[P-](F)(F)(F)(F)F. The molecular weight excluding hydrogens is 373 g/mol. The topological polar surface area (TPSA) is 20.2 Å². The van der Waals surface area contributed by atoms with Crippen LogP contribution in [0.3, 0.4) is 0 Å². The molecule has 0 aliphatic carbocycles. The van der Waals surface area contributed by atoms with Crippen molar-refractivity contribution >= 4 is 19.6 Å². The van der Waals surface area contributed by atoms with Gasteiger partial charge in [-0.2, -0.15) is 0 Å². The molecule has 0 aliphatic rings. The van der Waals surface area contributed by atoms with Gasteiger partial charge in [-0.1, -0.05) is 36.4 Å². The Morgan fingerprint density at radius 3 is 1.92 bits per heavy atom. The first-order valence-electron chi connectivity index (χ1n) is 6.73. The Bertz CT molecular complexity index is 662. The quantitative estimate of drug-likeness (QED) is 0.270. The van der Waals surface area contributed by atoms with Crippen molar-refractivity contribution in [2.45, 2.75) is 18.4 Å². The number of rotatable bonds is 4. The third-order valence-electron chi connectivity index (χ3n) is 2.75. The zero-order valence-electron chi connectivity index (χ0n) is 12.6. The van der Waals surface area contributed by atoms with E-state index < -0.39 is 7.81 Å². The Hall–Kier alpha value is -1.40. The van der Waals surface area contributed by atoms with E-state index in [1.807, 2.05) is 25.1 Å². The van der Waals surface area contributed by atoms with Crippen molar-refractivity contribution in [3.8, 4) is 5.75 Å². The Labute approximate surface area is 139 Å². The van der Waals surface area contributed by atoms with Crippen LogP contribution in [0, 0.1) is 6.92 Å². The monoisotopic (exact) mass is 390 g/mol. The van der Waals surface area contributed by atoms with Crippen molar-refractivity contribution in [1.29, 1.82) is 0 Å². The number of thiol groups is 1. The molecule has 0 amide bonds. The summed E-state index contributed by atoms with van der Waals surface area (Å²) >= 11 is 1.40. The van der Waals surface area contributed by atoms with Crippen molar-refractivity contribution in [3.05, 3.63) is 65.2 Å². The number of benzene rings is 2. The molecule has 2 aromatic rings. The van der Waals surface area contributed by atoms with Gasteiger partial charge in [0.05, 0.1) is 0 Å². The first-order valence-corrected chi connectivity index (χ1v) is 10.0. The molecule has 0 fully saturated rings. The average Bonchev–Trinajstić information content (AvgIpc) is 2.39. The fourth-order valence-corrected chi connectivity index (χ4v) is 2.92. The van der Waals surface area contributed by atoms with Gasteiger partial charge in [-0.15, -0.1) is 0 Å². The van der Waals surface area contributed by atoms with E-state index in [0.717, 1.165) is 11.5 Å². The van der Waals surface area contributed by atoms with Gasteiger partial charge in [-0.05, 0) is 36.4 Å². The Morgan fingerprint density at radius 2 is 1.42 bits per heavy atom. The molecule has 0 aliphatic heterocycles. The molecule has 0 bridgehead atoms. The van der Waals surface area contributed by atoms with Gasteiger partial charge >= 0.3 is 33.0 Å². The van der Waals surface area contributed by atoms with E-state index in [-0.39, 0.29) is 0 Å². The van der Waals surface area contributed by atoms with Crippen LogP contribution in [0.25, 0.3) is 0 Å². The predicted octanol–water partition coefficient (Wildman–Crippen LogP) is 6.60. The fourth-order valence-electron chi connectivity index (χ4n) is 1.75. The molecule has 136 valence electrons. The van der Waals surface area contributed by atoms with Crippen LogP contribution in [-0.4, -0.2) is 5.11 Å². The molecule has 0 atom stereocenters. The van der Waals surface area contributed by atoms with Crippen molar-refractivity contribution in [1.82, 2.24) is 0 Å². The second-order valence-corrected chi connectivity index (χ2v) is 8.09. The first-order chi connectivity index (χ1) is 10.7. The zero-order chi connectivity index (χ0) is 18.5. The Balaban J connectivity index is 0.000000351. The molecule has 0 aromatic heterocycles. The van der Waals surface area contributed by atoms with E-state index in [9.17, 15) is 30.3 Å². The van der Waals surface area contributed by atoms with E-state index in [1.54, 1.807) is 6.07 Å². The molecule has 2 rings (SSSR count). The number of aryl methyl sites for hydroxylation is 1. The summed E-state index contributed by atoms with van der Waals surface area (Å²) in [6, 6.07) is 16.1. The summed E-state index contributed by atoms with van der Waals surface area (Å²) in [5.41, 5.74) is 3.87. The van der Waals surface area contributed by atoms with Gasteiger partial charge in [0.2, 0.25) is 0 Å². The van der Waals surface area contributed by atoms with Crippen LogP contribution in [0.5, 0.6) is 5.75 Å². The van der Waals surface area contributed by atoms with Crippen molar-refractivity contribution in [2.75, 3.05) is 0 Å². The van der Waals surface area contributed by atoms with E-state index in [1.165, 1.54) is 28.5 Å². The van der Waals surface area contributed by atoms with Gasteiger partial charge < -0.3 is 5.11 Å². The number of halogens is 6. The van der Waals surface area contributed by atoms with E-state index >= 15 is 0 Å². The van der Waals surface area contributed by atoms with E-state index in [2.05, 4.69) is 24.3 Å². The number of aromatic hydroxyl groups is 1. The average molecular weight is 390 g/mol. The third kappa shape index (κ3) is 12.1. The maximum atomic E-state index is 9.87. The van der Waals surface area contributed by atoms with Gasteiger partial charge in [0.15, 0.2) is 0 Å². The normalized spacial score (nSPS) is 14.1. The molecular formula is C15H17F6OPS. The summed E-state index contributed by atoms with van der Waals surface area (Å²) in [5.74, 6) is 2.48. The molecule has 0 saturated carbocycles. The van der Waals surface area contributed by atoms with Gasteiger partial charge in [0.1, 0.15) is 17.3 Å². The van der Waals surface area contributed by atoms with Crippen LogP contribution in [0.4, 0.5) is 25.2 Å². The maximum absolute atomic E-state index is 10.7. The zero-order valence-corrected chi connectivity index (χ0v) is 14.4. The molecule has 2 aromatic carbocycles. The first kappa shape index (κ1) is 20.6. The summed E-state index contributed by atoms with van der Waals surface area (Å²) in [5, 5.41) is 9.34. The molecule has 0 saturated heterocycles. The third-order valence-corrected chi connectivity index (χ3v) is 3.90. The molecule has 1 nitrogen and oxygen atoms in total. The molecule has 0 heterocycles. The summed E-state index contributed by atoms with van der Waals surface area (Å²) in [6.45, 7) is 2.05. The molecule has 1 N–H and O–H groups in total. The number of phenolic OH excluding ortho intramolecular Hbond substituents is 1. The van der Waals surface area contributed by atoms with Gasteiger partial charge in [0, 0.05) is 11.1 Å². The van der Waals surface area contributed by atoms with Crippen LogP contribution >= 0.6 is 7.81 Å². The Kier molecular flexibility index (Phi) is 5.89. The minimum absolute atomic E-state index is 0.353. The minimum atomic E-state index is -10.7. The van der Waals surface area contributed by atoms with Crippen LogP contribution in [0.1, 0.15) is 16.7 Å². The van der Waals surface area contributed by atoms with Crippen LogP contribution in [-0.2, 0) is 23.3 Å². The van der Waals surface area contributed by atoms with Gasteiger partial charge in [-0.25, -0.2) is 0 Å². The second kappa shape index (κ2) is 6.84. The predicted molar refractivity (Wildman–Crippen MR) is 89.0 cm³/mol. The molecule has 24 heavy (non-hydrogen) atoms. The summed E-state index contributed by atoms with van der Waals surface area (Å²) in [4.78, 5) is 0. The number of hydrogen-bond acceptors (Lipinski definition) is 1. The van der Waals surface area contributed by atoms with Crippen LogP contribution < -0.4 is 0 Å². The Morgan fingerprint density at radius 1 is 0.875 bits per heavy atom. The van der Waals surface area contributed by atoms with Crippen LogP contribution in [0.2, 0.25) is 0 Å². The van der Waals surface area contributed by atoms with E-state index in [4.69, 9.17) is 0 Å². The van der Waals surface area contributed by atoms with Gasteiger partial charge in [0.25, 0.3) is 0 Å².